The summed E-state index contributed by atoms with van der Waals surface area (Å²) >= 11 is 0. The first-order chi connectivity index (χ1) is 13.1. The maximum Gasteiger partial charge on any atom is 0.274 e. The third-order valence-corrected chi connectivity index (χ3v) is 4.07. The predicted molar refractivity (Wildman–Crippen MR) is 106 cm³/mol. The fourth-order valence-corrected chi connectivity index (χ4v) is 2.74. The molecule has 1 heterocycles. The number of anilines is 2. The van der Waals surface area contributed by atoms with Crippen LogP contribution in [-0.4, -0.2) is 30.0 Å². The van der Waals surface area contributed by atoms with Gasteiger partial charge in [0.25, 0.3) is 5.91 Å². The molecule has 6 heteroatoms. The lowest BCUT2D eigenvalue weighted by Crippen LogP contribution is -2.21. The van der Waals surface area contributed by atoms with Crippen LogP contribution in [0.5, 0.6) is 5.75 Å². The molecule has 3 rings (SSSR count). The zero-order chi connectivity index (χ0) is 19.2. The molecule has 0 unspecified atom stereocenters. The highest BCUT2D eigenvalue weighted by atomic mass is 16.5. The maximum absolute atomic E-state index is 12.7. The molecule has 0 saturated heterocycles. The SMILES string of the molecule is COc1ccccc1NC(=O)c1cc(N(C)Cc2ccccc2)nc(C)n1. The molecule has 0 aliphatic carbocycles. The number of ether oxygens (including phenoxy) is 1. The Bertz CT molecular complexity index is 928. The molecule has 6 nitrogen and oxygen atoms in total. The van der Waals surface area contributed by atoms with E-state index in [2.05, 4.69) is 27.4 Å². The van der Waals surface area contributed by atoms with Gasteiger partial charge in [-0.05, 0) is 24.6 Å². The second kappa shape index (κ2) is 8.31. The molecule has 138 valence electrons. The Labute approximate surface area is 158 Å². The first kappa shape index (κ1) is 18.4. The van der Waals surface area contributed by atoms with Gasteiger partial charge in [-0.3, -0.25) is 4.79 Å². The third-order valence-electron chi connectivity index (χ3n) is 4.07. The zero-order valence-electron chi connectivity index (χ0n) is 15.6. The average molecular weight is 362 g/mol. The van der Waals surface area contributed by atoms with E-state index in [1.54, 1.807) is 32.2 Å². The van der Waals surface area contributed by atoms with Crippen molar-refractivity contribution in [3.8, 4) is 5.75 Å². The van der Waals surface area contributed by atoms with Gasteiger partial charge in [0.15, 0.2) is 0 Å². The molecule has 0 atom stereocenters. The Morgan fingerprint density at radius 1 is 1.07 bits per heavy atom. The van der Waals surface area contributed by atoms with Gasteiger partial charge in [0.05, 0.1) is 12.8 Å². The van der Waals surface area contributed by atoms with Crippen molar-refractivity contribution in [1.82, 2.24) is 9.97 Å². The number of nitrogens with one attached hydrogen (secondary N) is 1. The molecular weight excluding hydrogens is 340 g/mol. The van der Waals surface area contributed by atoms with Crippen LogP contribution >= 0.6 is 0 Å². The van der Waals surface area contributed by atoms with Crippen LogP contribution in [0.25, 0.3) is 0 Å². The molecule has 1 N–H and O–H groups in total. The number of aromatic nitrogens is 2. The second-order valence-corrected chi connectivity index (χ2v) is 6.15. The average Bonchev–Trinajstić information content (AvgIpc) is 2.68. The number of carbonyl (C=O) groups excluding carboxylic acids is 1. The third kappa shape index (κ3) is 4.61. The minimum atomic E-state index is -0.306. The van der Waals surface area contributed by atoms with Gasteiger partial charge in [-0.15, -0.1) is 0 Å². The van der Waals surface area contributed by atoms with Gasteiger partial charge in [-0.25, -0.2) is 9.97 Å². The minimum Gasteiger partial charge on any atom is -0.495 e. The second-order valence-electron chi connectivity index (χ2n) is 6.15. The topological polar surface area (TPSA) is 67.3 Å². The van der Waals surface area contributed by atoms with Crippen LogP contribution in [0.15, 0.2) is 60.7 Å². The molecule has 0 bridgehead atoms. The van der Waals surface area contributed by atoms with Crippen molar-refractivity contribution in [2.24, 2.45) is 0 Å². The van der Waals surface area contributed by atoms with Gasteiger partial charge < -0.3 is 15.0 Å². The van der Waals surface area contributed by atoms with Crippen molar-refractivity contribution in [1.29, 1.82) is 0 Å². The van der Waals surface area contributed by atoms with Gasteiger partial charge in [0.1, 0.15) is 23.1 Å². The molecule has 27 heavy (non-hydrogen) atoms. The number of hydrogen-bond acceptors (Lipinski definition) is 5. The standard InChI is InChI=1S/C21H22N4O2/c1-15-22-18(21(26)24-17-11-7-8-12-19(17)27-3)13-20(23-15)25(2)14-16-9-5-4-6-10-16/h4-13H,14H2,1-3H3,(H,24,26). The van der Waals surface area contributed by atoms with Crippen molar-refractivity contribution in [2.45, 2.75) is 13.5 Å². The molecule has 0 aliphatic heterocycles. The summed E-state index contributed by atoms with van der Waals surface area (Å²) in [6.45, 7) is 2.46. The highest BCUT2D eigenvalue weighted by molar-refractivity contribution is 6.04. The van der Waals surface area contributed by atoms with Crippen LogP contribution in [0.4, 0.5) is 11.5 Å². The van der Waals surface area contributed by atoms with E-state index in [1.807, 2.05) is 42.3 Å². The number of aryl methyl sites for hydroxylation is 1. The maximum atomic E-state index is 12.7. The van der Waals surface area contributed by atoms with Gasteiger partial charge in [0, 0.05) is 19.7 Å². The van der Waals surface area contributed by atoms with E-state index in [9.17, 15) is 4.79 Å². The summed E-state index contributed by atoms with van der Waals surface area (Å²) in [4.78, 5) is 23.4. The monoisotopic (exact) mass is 362 g/mol. The quantitative estimate of drug-likeness (QED) is 0.724. The van der Waals surface area contributed by atoms with Crippen LogP contribution in [0.2, 0.25) is 0 Å². The number of benzene rings is 2. The Kier molecular flexibility index (Phi) is 5.66. The predicted octanol–water partition coefficient (Wildman–Crippen LogP) is 3.68. The number of nitrogens with zero attached hydrogens (tertiary/aromatic N) is 3. The summed E-state index contributed by atoms with van der Waals surface area (Å²) in [7, 11) is 3.51. The van der Waals surface area contributed by atoms with Gasteiger partial charge in [0.2, 0.25) is 0 Å². The first-order valence-electron chi connectivity index (χ1n) is 8.62. The summed E-state index contributed by atoms with van der Waals surface area (Å²) in [6.07, 6.45) is 0. The van der Waals surface area contributed by atoms with Crippen LogP contribution in [-0.2, 0) is 6.54 Å². The minimum absolute atomic E-state index is 0.306. The van der Waals surface area contributed by atoms with Crippen molar-refractivity contribution in [2.75, 3.05) is 24.4 Å². The normalized spacial score (nSPS) is 10.3. The zero-order valence-corrected chi connectivity index (χ0v) is 15.6. The summed E-state index contributed by atoms with van der Waals surface area (Å²) in [5, 5.41) is 2.85. The molecule has 0 aliphatic rings. The highest BCUT2D eigenvalue weighted by Gasteiger charge is 2.15. The van der Waals surface area contributed by atoms with Crippen LogP contribution in [0, 0.1) is 6.92 Å². The highest BCUT2D eigenvalue weighted by Crippen LogP contribution is 2.24. The molecule has 1 amide bonds. The van der Waals surface area contributed by atoms with Crippen LogP contribution in [0.1, 0.15) is 21.9 Å². The summed E-state index contributed by atoms with van der Waals surface area (Å²) in [5.74, 6) is 1.52. The lowest BCUT2D eigenvalue weighted by molar-refractivity contribution is 0.102. The Morgan fingerprint density at radius 2 is 1.78 bits per heavy atom. The number of rotatable bonds is 6. The number of hydrogen-bond donors (Lipinski definition) is 1. The largest absolute Gasteiger partial charge is 0.495 e. The van der Waals surface area contributed by atoms with E-state index < -0.39 is 0 Å². The van der Waals surface area contributed by atoms with Crippen molar-refractivity contribution in [3.63, 3.8) is 0 Å². The van der Waals surface area contributed by atoms with E-state index in [1.165, 1.54) is 0 Å². The van der Waals surface area contributed by atoms with Gasteiger partial charge >= 0.3 is 0 Å². The molecule has 1 aromatic heterocycles. The summed E-state index contributed by atoms with van der Waals surface area (Å²) < 4.78 is 5.28. The number of carbonyl (C=O) groups is 1. The Morgan fingerprint density at radius 3 is 2.52 bits per heavy atom. The van der Waals surface area contributed by atoms with Gasteiger partial charge in [-0.1, -0.05) is 42.5 Å². The van der Waals surface area contributed by atoms with E-state index >= 15 is 0 Å². The number of para-hydroxylation sites is 2. The first-order valence-corrected chi connectivity index (χ1v) is 8.62. The van der Waals surface area contributed by atoms with Crippen LogP contribution < -0.4 is 15.0 Å². The molecule has 0 saturated carbocycles. The molecule has 3 aromatic rings. The van der Waals surface area contributed by atoms with Gasteiger partial charge in [-0.2, -0.15) is 0 Å². The van der Waals surface area contributed by atoms with Crippen molar-refractivity contribution < 1.29 is 9.53 Å². The van der Waals surface area contributed by atoms with Crippen LogP contribution in [0.3, 0.4) is 0 Å². The van der Waals surface area contributed by atoms with E-state index in [4.69, 9.17) is 4.74 Å². The molecule has 0 fully saturated rings. The molecule has 2 aromatic carbocycles. The molecular formula is C21H22N4O2. The van der Waals surface area contributed by atoms with Crippen molar-refractivity contribution in [3.05, 3.63) is 77.7 Å². The Balaban J connectivity index is 1.81. The lowest BCUT2D eigenvalue weighted by Gasteiger charge is -2.19. The fraction of sp³-hybridized carbons (Fsp3) is 0.190. The summed E-state index contributed by atoms with van der Waals surface area (Å²) in [5.41, 5.74) is 2.07. The number of methoxy groups -OCH3 is 1. The lowest BCUT2D eigenvalue weighted by atomic mass is 10.2. The molecule has 0 radical (unpaired) electrons. The summed E-state index contributed by atoms with van der Waals surface area (Å²) in [6, 6.07) is 19.1. The van der Waals surface area contributed by atoms with E-state index in [0.29, 0.717) is 35.3 Å². The smallest absolute Gasteiger partial charge is 0.274 e. The number of amides is 1. The van der Waals surface area contributed by atoms with Crippen molar-refractivity contribution >= 4 is 17.4 Å². The van der Waals surface area contributed by atoms with E-state index in [0.717, 1.165) is 5.56 Å². The fourth-order valence-electron chi connectivity index (χ4n) is 2.74. The Hall–Kier alpha value is -3.41. The molecule has 0 spiro atoms. The van der Waals surface area contributed by atoms with E-state index in [-0.39, 0.29) is 5.91 Å².